The number of aryl methyl sites for hydroxylation is 1. The van der Waals surface area contributed by atoms with Gasteiger partial charge in [-0.15, -0.1) is 0 Å². The molecule has 0 fully saturated rings. The van der Waals surface area contributed by atoms with Crippen LogP contribution in [0, 0.1) is 6.92 Å². The zero-order valence-electron chi connectivity index (χ0n) is 10.7. The minimum absolute atomic E-state index is 0.392. The van der Waals surface area contributed by atoms with Gasteiger partial charge in [-0.25, -0.2) is 4.79 Å². The molecule has 6 heteroatoms. The van der Waals surface area contributed by atoms with Gasteiger partial charge < -0.3 is 16.4 Å². The fourth-order valence-electron chi connectivity index (χ4n) is 1.68. The van der Waals surface area contributed by atoms with Crippen molar-refractivity contribution in [3.05, 3.63) is 52.0 Å². The van der Waals surface area contributed by atoms with E-state index in [0.29, 0.717) is 27.1 Å². The number of carbonyl (C=O) groups excluding carboxylic acids is 1. The average molecular weight is 310 g/mol. The first-order valence-corrected chi connectivity index (χ1v) is 6.61. The molecule has 104 valence electrons. The summed E-state index contributed by atoms with van der Waals surface area (Å²) in [5, 5.41) is 6.23. The highest BCUT2D eigenvalue weighted by Gasteiger charge is 2.09. The third-order valence-electron chi connectivity index (χ3n) is 2.71. The molecular weight excluding hydrogens is 297 g/mol. The predicted molar refractivity (Wildman–Crippen MR) is 84.7 cm³/mol. The predicted octanol–water partition coefficient (Wildman–Crippen LogP) is 4.53. The van der Waals surface area contributed by atoms with Crippen molar-refractivity contribution < 1.29 is 4.79 Å². The second kappa shape index (κ2) is 6.03. The highest BCUT2D eigenvalue weighted by atomic mass is 35.5. The number of benzene rings is 2. The number of nitrogen functional groups attached to an aromatic ring is 1. The number of carbonyl (C=O) groups is 1. The van der Waals surface area contributed by atoms with Crippen LogP contribution in [0.2, 0.25) is 10.0 Å². The molecule has 0 saturated carbocycles. The molecule has 4 nitrogen and oxygen atoms in total. The summed E-state index contributed by atoms with van der Waals surface area (Å²) >= 11 is 11.9. The van der Waals surface area contributed by atoms with Crippen molar-refractivity contribution in [1.29, 1.82) is 0 Å². The first kappa shape index (κ1) is 14.5. The van der Waals surface area contributed by atoms with Crippen LogP contribution in [-0.2, 0) is 0 Å². The standard InChI is InChI=1S/C14H13Cl2N3O/c1-8-6-11(17)10(16)7-13(8)19-14(20)18-12-5-3-2-4-9(12)15/h2-7H,17H2,1H3,(H2,18,19,20). The van der Waals surface area contributed by atoms with E-state index in [9.17, 15) is 4.79 Å². The van der Waals surface area contributed by atoms with Gasteiger partial charge in [0.25, 0.3) is 0 Å². The minimum atomic E-state index is -0.401. The Bertz CT molecular complexity index is 659. The van der Waals surface area contributed by atoms with E-state index < -0.39 is 6.03 Å². The molecule has 0 heterocycles. The lowest BCUT2D eigenvalue weighted by atomic mass is 10.2. The number of hydrogen-bond donors (Lipinski definition) is 3. The average Bonchev–Trinajstić information content (AvgIpc) is 2.39. The Hall–Kier alpha value is -1.91. The fraction of sp³-hybridized carbons (Fsp3) is 0.0714. The van der Waals surface area contributed by atoms with Gasteiger partial charge in [-0.2, -0.15) is 0 Å². The van der Waals surface area contributed by atoms with Gasteiger partial charge in [0.1, 0.15) is 0 Å². The lowest BCUT2D eigenvalue weighted by molar-refractivity contribution is 0.262. The molecule has 2 aromatic rings. The first-order chi connectivity index (χ1) is 9.47. The number of urea groups is 1. The summed E-state index contributed by atoms with van der Waals surface area (Å²) < 4.78 is 0. The smallest absolute Gasteiger partial charge is 0.323 e. The summed E-state index contributed by atoms with van der Waals surface area (Å²) in [4.78, 5) is 11.9. The zero-order chi connectivity index (χ0) is 14.7. The monoisotopic (exact) mass is 309 g/mol. The molecule has 0 aliphatic rings. The molecule has 0 spiro atoms. The molecule has 2 amide bonds. The molecule has 2 rings (SSSR count). The van der Waals surface area contributed by atoms with E-state index in [4.69, 9.17) is 28.9 Å². The molecule has 0 aromatic heterocycles. The van der Waals surface area contributed by atoms with Crippen LogP contribution in [0.15, 0.2) is 36.4 Å². The number of nitrogens with one attached hydrogen (secondary N) is 2. The quantitative estimate of drug-likeness (QED) is 0.713. The van der Waals surface area contributed by atoms with E-state index in [1.807, 2.05) is 6.92 Å². The van der Waals surface area contributed by atoms with Crippen LogP contribution >= 0.6 is 23.2 Å². The Labute approximate surface area is 126 Å². The highest BCUT2D eigenvalue weighted by Crippen LogP contribution is 2.27. The molecule has 0 atom stereocenters. The highest BCUT2D eigenvalue weighted by molar-refractivity contribution is 6.34. The summed E-state index contributed by atoms with van der Waals surface area (Å²) in [6, 6.07) is 9.89. The van der Waals surface area contributed by atoms with Crippen molar-refractivity contribution in [3.63, 3.8) is 0 Å². The summed E-state index contributed by atoms with van der Waals surface area (Å²) in [5.74, 6) is 0. The molecule has 4 N–H and O–H groups in total. The lowest BCUT2D eigenvalue weighted by Gasteiger charge is -2.12. The molecule has 0 saturated heterocycles. The summed E-state index contributed by atoms with van der Waals surface area (Å²) in [7, 11) is 0. The van der Waals surface area contributed by atoms with Gasteiger partial charge >= 0.3 is 6.03 Å². The SMILES string of the molecule is Cc1cc(N)c(Cl)cc1NC(=O)Nc1ccccc1Cl. The fourth-order valence-corrected chi connectivity index (χ4v) is 2.02. The molecule has 0 aliphatic heterocycles. The molecular formula is C14H13Cl2N3O. The number of hydrogen-bond acceptors (Lipinski definition) is 2. The minimum Gasteiger partial charge on any atom is -0.398 e. The summed E-state index contributed by atoms with van der Waals surface area (Å²) in [6.45, 7) is 1.83. The third kappa shape index (κ3) is 3.35. The lowest BCUT2D eigenvalue weighted by Crippen LogP contribution is -2.20. The Morgan fingerprint density at radius 3 is 2.40 bits per heavy atom. The Morgan fingerprint density at radius 1 is 1.05 bits per heavy atom. The van der Waals surface area contributed by atoms with Crippen molar-refractivity contribution >= 4 is 46.3 Å². The van der Waals surface area contributed by atoms with Crippen LogP contribution in [0.1, 0.15) is 5.56 Å². The molecule has 0 unspecified atom stereocenters. The second-order valence-corrected chi connectivity index (χ2v) is 5.06. The number of amides is 2. The molecule has 20 heavy (non-hydrogen) atoms. The number of rotatable bonds is 2. The third-order valence-corrected chi connectivity index (χ3v) is 3.37. The molecule has 0 bridgehead atoms. The van der Waals surface area contributed by atoms with E-state index in [2.05, 4.69) is 10.6 Å². The molecule has 2 aromatic carbocycles. The number of anilines is 3. The van der Waals surface area contributed by atoms with E-state index in [-0.39, 0.29) is 0 Å². The van der Waals surface area contributed by atoms with Gasteiger partial charge in [0.15, 0.2) is 0 Å². The van der Waals surface area contributed by atoms with E-state index in [0.717, 1.165) is 5.56 Å². The van der Waals surface area contributed by atoms with Crippen molar-refractivity contribution in [3.8, 4) is 0 Å². The van der Waals surface area contributed by atoms with Gasteiger partial charge in [0.05, 0.1) is 21.4 Å². The van der Waals surface area contributed by atoms with Gasteiger partial charge in [-0.05, 0) is 36.8 Å². The number of halogens is 2. The Morgan fingerprint density at radius 2 is 1.70 bits per heavy atom. The van der Waals surface area contributed by atoms with Gasteiger partial charge in [-0.1, -0.05) is 35.3 Å². The van der Waals surface area contributed by atoms with Crippen LogP contribution < -0.4 is 16.4 Å². The normalized spacial score (nSPS) is 10.2. The van der Waals surface area contributed by atoms with Crippen LogP contribution in [0.3, 0.4) is 0 Å². The summed E-state index contributed by atoms with van der Waals surface area (Å²) in [6.07, 6.45) is 0. The summed E-state index contributed by atoms with van der Waals surface area (Å²) in [5.41, 5.74) is 8.10. The van der Waals surface area contributed by atoms with E-state index in [1.165, 1.54) is 0 Å². The van der Waals surface area contributed by atoms with Crippen LogP contribution in [0.4, 0.5) is 21.9 Å². The van der Waals surface area contributed by atoms with Crippen LogP contribution in [0.5, 0.6) is 0 Å². The van der Waals surface area contributed by atoms with E-state index >= 15 is 0 Å². The van der Waals surface area contributed by atoms with Crippen LogP contribution in [0.25, 0.3) is 0 Å². The first-order valence-electron chi connectivity index (χ1n) is 5.85. The maximum atomic E-state index is 11.9. The van der Waals surface area contributed by atoms with Crippen molar-refractivity contribution in [1.82, 2.24) is 0 Å². The number of nitrogens with two attached hydrogens (primary N) is 1. The van der Waals surface area contributed by atoms with Gasteiger partial charge in [0, 0.05) is 5.69 Å². The Balaban J connectivity index is 2.13. The van der Waals surface area contributed by atoms with Crippen molar-refractivity contribution in [2.45, 2.75) is 6.92 Å². The maximum absolute atomic E-state index is 11.9. The van der Waals surface area contributed by atoms with Crippen molar-refractivity contribution in [2.75, 3.05) is 16.4 Å². The van der Waals surface area contributed by atoms with Gasteiger partial charge in [0.2, 0.25) is 0 Å². The van der Waals surface area contributed by atoms with Crippen molar-refractivity contribution in [2.24, 2.45) is 0 Å². The van der Waals surface area contributed by atoms with Gasteiger partial charge in [-0.3, -0.25) is 0 Å². The zero-order valence-corrected chi connectivity index (χ0v) is 12.2. The van der Waals surface area contributed by atoms with E-state index in [1.54, 1.807) is 36.4 Å². The second-order valence-electron chi connectivity index (χ2n) is 4.25. The molecule has 0 aliphatic carbocycles. The molecule has 0 radical (unpaired) electrons. The largest absolute Gasteiger partial charge is 0.398 e. The maximum Gasteiger partial charge on any atom is 0.323 e. The Kier molecular flexibility index (Phi) is 4.37. The number of para-hydroxylation sites is 1. The van der Waals surface area contributed by atoms with Crippen LogP contribution in [-0.4, -0.2) is 6.03 Å². The topological polar surface area (TPSA) is 67.1 Å².